The number of nitrogens with one attached hydrogen (secondary N) is 1. The first-order valence-electron chi connectivity index (χ1n) is 6.06. The molecule has 0 saturated carbocycles. The van der Waals surface area contributed by atoms with Crippen molar-refractivity contribution in [1.82, 2.24) is 9.62 Å². The van der Waals surface area contributed by atoms with Gasteiger partial charge < -0.3 is 15.7 Å². The number of sulfonamides is 1. The molecule has 1 aromatic carbocycles. The van der Waals surface area contributed by atoms with Gasteiger partial charge in [-0.1, -0.05) is 23.2 Å². The minimum Gasteiger partial charge on any atom is -0.398 e. The van der Waals surface area contributed by atoms with Gasteiger partial charge in [0.05, 0.1) is 16.3 Å². The van der Waals surface area contributed by atoms with Crippen molar-refractivity contribution in [3.05, 3.63) is 22.2 Å². The highest BCUT2D eigenvalue weighted by atomic mass is 35.5. The van der Waals surface area contributed by atoms with Gasteiger partial charge in [0.15, 0.2) is 0 Å². The van der Waals surface area contributed by atoms with Crippen molar-refractivity contribution in [1.29, 1.82) is 0 Å². The molecule has 4 N–H and O–H groups in total. The number of hydrogen-bond acceptors (Lipinski definition) is 5. The summed E-state index contributed by atoms with van der Waals surface area (Å²) in [6, 6.07) is 2.60. The van der Waals surface area contributed by atoms with Crippen LogP contribution in [0, 0.1) is 0 Å². The molecule has 0 aliphatic heterocycles. The SMILES string of the molecule is CN(C)CC(C)(O)CNS(=O)(=O)c1c(N)cc(Cl)cc1Cl. The second kappa shape index (κ2) is 6.68. The van der Waals surface area contributed by atoms with Crippen LogP contribution < -0.4 is 10.5 Å². The molecule has 1 atom stereocenters. The topological polar surface area (TPSA) is 95.7 Å². The molecule has 0 heterocycles. The molecular weight excluding hydrogens is 337 g/mol. The molecule has 0 saturated heterocycles. The second-order valence-corrected chi connectivity index (χ2v) is 7.91. The second-order valence-electron chi connectivity index (χ2n) is 5.37. The molecule has 1 unspecified atom stereocenters. The van der Waals surface area contributed by atoms with Crippen LogP contribution in [-0.4, -0.2) is 51.2 Å². The monoisotopic (exact) mass is 355 g/mol. The summed E-state index contributed by atoms with van der Waals surface area (Å²) in [5, 5.41) is 10.3. The van der Waals surface area contributed by atoms with Crippen LogP contribution in [0.25, 0.3) is 0 Å². The maximum Gasteiger partial charge on any atom is 0.244 e. The molecular formula is C12H19Cl2N3O3S. The number of nitrogen functional groups attached to an aromatic ring is 1. The fraction of sp³-hybridized carbons (Fsp3) is 0.500. The lowest BCUT2D eigenvalue weighted by molar-refractivity contribution is 0.0386. The lowest BCUT2D eigenvalue weighted by Gasteiger charge is -2.27. The molecule has 0 fully saturated rings. The summed E-state index contributed by atoms with van der Waals surface area (Å²) in [5.41, 5.74) is 4.39. The summed E-state index contributed by atoms with van der Waals surface area (Å²) in [7, 11) is -0.402. The van der Waals surface area contributed by atoms with Gasteiger partial charge in [-0.15, -0.1) is 0 Å². The van der Waals surface area contributed by atoms with E-state index in [0.29, 0.717) is 6.54 Å². The van der Waals surface area contributed by atoms with E-state index >= 15 is 0 Å². The van der Waals surface area contributed by atoms with E-state index in [-0.39, 0.29) is 27.2 Å². The molecule has 6 nitrogen and oxygen atoms in total. The van der Waals surface area contributed by atoms with E-state index in [2.05, 4.69) is 4.72 Å². The number of likely N-dealkylation sites (N-methyl/N-ethyl adjacent to an activating group) is 1. The Kier molecular flexibility index (Phi) is 5.88. The van der Waals surface area contributed by atoms with Gasteiger partial charge in [0.1, 0.15) is 4.90 Å². The van der Waals surface area contributed by atoms with Crippen LogP contribution in [-0.2, 0) is 10.0 Å². The Morgan fingerprint density at radius 2 is 1.95 bits per heavy atom. The smallest absolute Gasteiger partial charge is 0.244 e. The molecule has 1 aromatic rings. The summed E-state index contributed by atoms with van der Waals surface area (Å²) in [4.78, 5) is 1.51. The Morgan fingerprint density at radius 1 is 1.38 bits per heavy atom. The van der Waals surface area contributed by atoms with Crippen LogP contribution in [0.15, 0.2) is 17.0 Å². The number of hydrogen-bond donors (Lipinski definition) is 3. The van der Waals surface area contributed by atoms with Crippen molar-refractivity contribution in [3.63, 3.8) is 0 Å². The zero-order valence-electron chi connectivity index (χ0n) is 12.0. The van der Waals surface area contributed by atoms with Gasteiger partial charge >= 0.3 is 0 Å². The largest absolute Gasteiger partial charge is 0.398 e. The van der Waals surface area contributed by atoms with Crippen LogP contribution in [0.3, 0.4) is 0 Å². The van der Waals surface area contributed by atoms with Gasteiger partial charge in [-0.25, -0.2) is 13.1 Å². The van der Waals surface area contributed by atoms with E-state index in [9.17, 15) is 13.5 Å². The first kappa shape index (κ1) is 18.5. The van der Waals surface area contributed by atoms with Gasteiger partial charge in [-0.05, 0) is 33.2 Å². The molecule has 0 aliphatic carbocycles. The van der Waals surface area contributed by atoms with Gasteiger partial charge in [0, 0.05) is 18.1 Å². The third-order valence-electron chi connectivity index (χ3n) is 2.61. The zero-order chi connectivity index (χ0) is 16.4. The zero-order valence-corrected chi connectivity index (χ0v) is 14.3. The van der Waals surface area contributed by atoms with Gasteiger partial charge in [0.2, 0.25) is 10.0 Å². The fourth-order valence-electron chi connectivity index (χ4n) is 1.92. The fourth-order valence-corrected chi connectivity index (χ4v) is 4.07. The van der Waals surface area contributed by atoms with Crippen LogP contribution in [0.1, 0.15) is 6.92 Å². The van der Waals surface area contributed by atoms with Gasteiger partial charge in [0.25, 0.3) is 0 Å². The van der Waals surface area contributed by atoms with E-state index in [1.54, 1.807) is 19.0 Å². The highest BCUT2D eigenvalue weighted by Gasteiger charge is 2.27. The van der Waals surface area contributed by atoms with E-state index in [4.69, 9.17) is 28.9 Å². The predicted octanol–water partition coefficient (Wildman–Crippen LogP) is 1.17. The standard InChI is InChI=1S/C12H19Cl2N3O3S/c1-12(18,7-17(2)3)6-16-21(19,20)11-9(14)4-8(13)5-10(11)15/h4-5,16,18H,6-7,15H2,1-3H3. The predicted molar refractivity (Wildman–Crippen MR) is 85.2 cm³/mol. The molecule has 0 bridgehead atoms. The summed E-state index contributed by atoms with van der Waals surface area (Å²) in [6.45, 7) is 1.65. The summed E-state index contributed by atoms with van der Waals surface area (Å²) >= 11 is 11.7. The van der Waals surface area contributed by atoms with Crippen LogP contribution in [0.2, 0.25) is 10.0 Å². The number of anilines is 1. The summed E-state index contributed by atoms with van der Waals surface area (Å²) in [5.74, 6) is 0. The van der Waals surface area contributed by atoms with Crippen molar-refractivity contribution >= 4 is 38.9 Å². The minimum atomic E-state index is -3.95. The minimum absolute atomic E-state index is 0.0488. The highest BCUT2D eigenvalue weighted by molar-refractivity contribution is 7.89. The Labute approximate surface area is 134 Å². The Morgan fingerprint density at radius 3 is 2.43 bits per heavy atom. The lowest BCUT2D eigenvalue weighted by atomic mass is 10.1. The number of aliphatic hydroxyl groups is 1. The molecule has 21 heavy (non-hydrogen) atoms. The van der Waals surface area contributed by atoms with Crippen molar-refractivity contribution in [2.75, 3.05) is 32.9 Å². The molecule has 0 radical (unpaired) electrons. The Balaban J connectivity index is 2.98. The number of nitrogens with two attached hydrogens (primary N) is 1. The summed E-state index contributed by atoms with van der Waals surface area (Å²) in [6.07, 6.45) is 0. The van der Waals surface area contributed by atoms with E-state index in [0.717, 1.165) is 0 Å². The average molecular weight is 356 g/mol. The number of nitrogens with zero attached hydrogens (tertiary/aromatic N) is 1. The van der Waals surface area contributed by atoms with Gasteiger partial charge in [-0.2, -0.15) is 0 Å². The molecule has 0 amide bonds. The van der Waals surface area contributed by atoms with Crippen LogP contribution >= 0.6 is 23.2 Å². The van der Waals surface area contributed by atoms with Gasteiger partial charge in [-0.3, -0.25) is 0 Å². The van der Waals surface area contributed by atoms with Crippen molar-refractivity contribution in [3.8, 4) is 0 Å². The molecule has 9 heteroatoms. The first-order chi connectivity index (χ1) is 9.44. The normalized spacial score (nSPS) is 15.2. The van der Waals surface area contributed by atoms with Crippen molar-refractivity contribution in [2.24, 2.45) is 0 Å². The van der Waals surface area contributed by atoms with E-state index in [1.807, 2.05) is 0 Å². The number of benzene rings is 1. The van der Waals surface area contributed by atoms with Crippen molar-refractivity contribution < 1.29 is 13.5 Å². The molecule has 120 valence electrons. The van der Waals surface area contributed by atoms with Crippen LogP contribution in [0.4, 0.5) is 5.69 Å². The molecule has 1 rings (SSSR count). The molecule has 0 aliphatic rings. The van der Waals surface area contributed by atoms with E-state index in [1.165, 1.54) is 19.1 Å². The average Bonchev–Trinajstić information content (AvgIpc) is 2.23. The van der Waals surface area contributed by atoms with Crippen molar-refractivity contribution in [2.45, 2.75) is 17.4 Å². The highest BCUT2D eigenvalue weighted by Crippen LogP contribution is 2.31. The third-order valence-corrected chi connectivity index (χ3v) is 4.75. The number of halogens is 2. The Bertz CT molecular complexity index is 595. The lowest BCUT2D eigenvalue weighted by Crippen LogP contribution is -2.47. The maximum absolute atomic E-state index is 12.3. The third kappa shape index (κ3) is 5.28. The first-order valence-corrected chi connectivity index (χ1v) is 8.30. The Hall–Kier alpha value is -0.570. The van der Waals surface area contributed by atoms with E-state index < -0.39 is 15.6 Å². The summed E-state index contributed by atoms with van der Waals surface area (Å²) < 4.78 is 26.9. The molecule has 0 aromatic heterocycles. The molecule has 0 spiro atoms. The van der Waals surface area contributed by atoms with Crippen LogP contribution in [0.5, 0.6) is 0 Å². The quantitative estimate of drug-likeness (QED) is 0.665. The maximum atomic E-state index is 12.3. The number of rotatable bonds is 6.